The van der Waals surface area contributed by atoms with Crippen molar-refractivity contribution in [1.82, 2.24) is 14.9 Å². The number of hydrogen-bond donors (Lipinski definition) is 1. The van der Waals surface area contributed by atoms with Crippen molar-refractivity contribution in [3.05, 3.63) is 23.2 Å². The Bertz CT molecular complexity index is 427. The van der Waals surface area contributed by atoms with Crippen LogP contribution in [-0.2, 0) is 0 Å². The molecule has 0 radical (unpaired) electrons. The zero-order valence-corrected chi connectivity index (χ0v) is 10.3. The molecule has 1 saturated heterocycles. The van der Waals surface area contributed by atoms with E-state index >= 15 is 0 Å². The SMILES string of the molecule is CC1CN(C(=O)c2cncc(Cl)n2)CCC1O. The van der Waals surface area contributed by atoms with E-state index in [9.17, 15) is 9.90 Å². The van der Waals surface area contributed by atoms with Crippen LogP contribution in [0.5, 0.6) is 0 Å². The van der Waals surface area contributed by atoms with E-state index in [0.717, 1.165) is 0 Å². The molecule has 5 nitrogen and oxygen atoms in total. The zero-order valence-electron chi connectivity index (χ0n) is 9.51. The summed E-state index contributed by atoms with van der Waals surface area (Å²) >= 11 is 5.70. The Hall–Kier alpha value is -1.20. The first-order valence-corrected chi connectivity index (χ1v) is 5.90. The Balaban J connectivity index is 2.10. The van der Waals surface area contributed by atoms with E-state index in [-0.39, 0.29) is 28.8 Å². The van der Waals surface area contributed by atoms with Crippen LogP contribution in [0.15, 0.2) is 12.4 Å². The molecule has 1 aromatic rings. The summed E-state index contributed by atoms with van der Waals surface area (Å²) in [5.74, 6) is -0.0985. The van der Waals surface area contributed by atoms with Gasteiger partial charge in [-0.2, -0.15) is 0 Å². The monoisotopic (exact) mass is 255 g/mol. The number of hydrogen-bond acceptors (Lipinski definition) is 4. The van der Waals surface area contributed by atoms with Crippen LogP contribution >= 0.6 is 11.6 Å². The fourth-order valence-corrected chi connectivity index (χ4v) is 2.07. The van der Waals surface area contributed by atoms with Crippen molar-refractivity contribution in [2.24, 2.45) is 5.92 Å². The molecular weight excluding hydrogens is 242 g/mol. The number of aliphatic hydroxyl groups excluding tert-OH is 1. The van der Waals surface area contributed by atoms with Crippen LogP contribution < -0.4 is 0 Å². The zero-order chi connectivity index (χ0) is 12.4. The molecule has 1 fully saturated rings. The lowest BCUT2D eigenvalue weighted by molar-refractivity contribution is 0.0294. The van der Waals surface area contributed by atoms with E-state index in [1.807, 2.05) is 6.92 Å². The van der Waals surface area contributed by atoms with Crippen molar-refractivity contribution in [1.29, 1.82) is 0 Å². The summed E-state index contributed by atoms with van der Waals surface area (Å²) in [6.45, 7) is 3.00. The van der Waals surface area contributed by atoms with Crippen LogP contribution in [0.3, 0.4) is 0 Å². The Kier molecular flexibility index (Phi) is 3.59. The summed E-state index contributed by atoms with van der Waals surface area (Å²) in [5.41, 5.74) is 0.251. The topological polar surface area (TPSA) is 66.3 Å². The first-order chi connectivity index (χ1) is 8.08. The van der Waals surface area contributed by atoms with Gasteiger partial charge in [-0.1, -0.05) is 18.5 Å². The molecule has 1 aromatic heterocycles. The Morgan fingerprint density at radius 3 is 3.00 bits per heavy atom. The molecule has 0 aliphatic carbocycles. The van der Waals surface area contributed by atoms with Crippen LogP contribution in [0.25, 0.3) is 0 Å². The molecule has 0 bridgehead atoms. The number of aromatic nitrogens is 2. The fraction of sp³-hybridized carbons (Fsp3) is 0.545. The van der Waals surface area contributed by atoms with Crippen LogP contribution in [0.4, 0.5) is 0 Å². The second-order valence-electron chi connectivity index (χ2n) is 4.31. The van der Waals surface area contributed by atoms with Crippen molar-refractivity contribution >= 4 is 17.5 Å². The Morgan fingerprint density at radius 1 is 1.59 bits per heavy atom. The lowest BCUT2D eigenvalue weighted by Crippen LogP contribution is -2.45. The summed E-state index contributed by atoms with van der Waals surface area (Å²) in [4.78, 5) is 21.5. The summed E-state index contributed by atoms with van der Waals surface area (Å²) in [5, 5.41) is 9.81. The summed E-state index contributed by atoms with van der Waals surface area (Å²) in [6.07, 6.45) is 3.07. The molecule has 17 heavy (non-hydrogen) atoms. The Labute approximate surface area is 104 Å². The van der Waals surface area contributed by atoms with Gasteiger partial charge in [0.05, 0.1) is 18.5 Å². The first-order valence-electron chi connectivity index (χ1n) is 5.53. The molecule has 92 valence electrons. The van der Waals surface area contributed by atoms with Crippen LogP contribution in [0.2, 0.25) is 5.15 Å². The van der Waals surface area contributed by atoms with Crippen molar-refractivity contribution in [2.45, 2.75) is 19.4 Å². The molecule has 1 aliphatic rings. The third-order valence-corrected chi connectivity index (χ3v) is 3.15. The first kappa shape index (κ1) is 12.3. The van der Waals surface area contributed by atoms with Crippen molar-refractivity contribution in [2.75, 3.05) is 13.1 Å². The van der Waals surface area contributed by atoms with Crippen LogP contribution in [0.1, 0.15) is 23.8 Å². The fourth-order valence-electron chi connectivity index (χ4n) is 1.92. The highest BCUT2D eigenvalue weighted by molar-refractivity contribution is 6.29. The highest BCUT2D eigenvalue weighted by Gasteiger charge is 2.28. The summed E-state index contributed by atoms with van der Waals surface area (Å²) in [6, 6.07) is 0. The van der Waals surface area contributed by atoms with E-state index in [1.54, 1.807) is 4.90 Å². The number of carbonyl (C=O) groups is 1. The van der Waals surface area contributed by atoms with Gasteiger partial charge >= 0.3 is 0 Å². The second-order valence-corrected chi connectivity index (χ2v) is 4.70. The molecule has 2 unspecified atom stereocenters. The average molecular weight is 256 g/mol. The maximum absolute atomic E-state index is 12.1. The lowest BCUT2D eigenvalue weighted by atomic mass is 9.96. The lowest BCUT2D eigenvalue weighted by Gasteiger charge is -2.34. The largest absolute Gasteiger partial charge is 0.393 e. The predicted molar refractivity (Wildman–Crippen MR) is 62.7 cm³/mol. The molecule has 6 heteroatoms. The predicted octanol–water partition coefficient (Wildman–Crippen LogP) is 0.973. The summed E-state index contributed by atoms with van der Waals surface area (Å²) < 4.78 is 0. The second kappa shape index (κ2) is 4.98. The molecule has 1 N–H and O–H groups in total. The third kappa shape index (κ3) is 2.73. The van der Waals surface area contributed by atoms with E-state index in [0.29, 0.717) is 19.5 Å². The van der Waals surface area contributed by atoms with Gasteiger partial charge in [0.2, 0.25) is 0 Å². The van der Waals surface area contributed by atoms with Gasteiger partial charge in [0.1, 0.15) is 10.8 Å². The average Bonchev–Trinajstić information content (AvgIpc) is 2.32. The minimum Gasteiger partial charge on any atom is -0.393 e. The highest BCUT2D eigenvalue weighted by Crippen LogP contribution is 2.18. The molecule has 2 rings (SSSR count). The number of nitrogens with zero attached hydrogens (tertiary/aromatic N) is 3. The number of rotatable bonds is 1. The maximum atomic E-state index is 12.1. The molecule has 1 amide bonds. The minimum absolute atomic E-state index is 0.0832. The quantitative estimate of drug-likeness (QED) is 0.812. The molecule has 0 saturated carbocycles. The molecule has 2 atom stereocenters. The number of carbonyl (C=O) groups excluding carboxylic acids is 1. The third-order valence-electron chi connectivity index (χ3n) is 2.97. The number of likely N-dealkylation sites (tertiary alicyclic amines) is 1. The number of halogens is 1. The summed E-state index contributed by atoms with van der Waals surface area (Å²) in [7, 11) is 0. The van der Waals surface area contributed by atoms with Gasteiger partial charge in [-0.3, -0.25) is 9.78 Å². The van der Waals surface area contributed by atoms with Gasteiger partial charge in [0.15, 0.2) is 0 Å². The van der Waals surface area contributed by atoms with Crippen LogP contribution in [-0.4, -0.2) is 45.1 Å². The number of piperidine rings is 1. The highest BCUT2D eigenvalue weighted by atomic mass is 35.5. The molecule has 0 aromatic carbocycles. The minimum atomic E-state index is -0.329. The standard InChI is InChI=1S/C11H14ClN3O2/c1-7-6-15(3-2-9(7)16)11(17)8-4-13-5-10(12)14-8/h4-5,7,9,16H,2-3,6H2,1H3. The van der Waals surface area contributed by atoms with E-state index in [4.69, 9.17) is 11.6 Å². The normalized spacial score (nSPS) is 24.8. The number of aliphatic hydroxyl groups is 1. The van der Waals surface area contributed by atoms with E-state index in [2.05, 4.69) is 9.97 Å². The maximum Gasteiger partial charge on any atom is 0.274 e. The van der Waals surface area contributed by atoms with E-state index in [1.165, 1.54) is 12.4 Å². The molecule has 0 spiro atoms. The van der Waals surface area contributed by atoms with Gasteiger partial charge < -0.3 is 10.0 Å². The molecule has 2 heterocycles. The molecule has 1 aliphatic heterocycles. The van der Waals surface area contributed by atoms with Gasteiger partial charge in [-0.05, 0) is 12.3 Å². The Morgan fingerprint density at radius 2 is 2.35 bits per heavy atom. The van der Waals surface area contributed by atoms with Crippen molar-refractivity contribution < 1.29 is 9.90 Å². The van der Waals surface area contributed by atoms with Gasteiger partial charge in [-0.15, -0.1) is 0 Å². The van der Waals surface area contributed by atoms with E-state index < -0.39 is 0 Å². The van der Waals surface area contributed by atoms with Crippen LogP contribution in [0, 0.1) is 5.92 Å². The van der Waals surface area contributed by atoms with Gasteiger partial charge in [0, 0.05) is 13.1 Å². The number of amides is 1. The van der Waals surface area contributed by atoms with Gasteiger partial charge in [-0.25, -0.2) is 4.98 Å². The van der Waals surface area contributed by atoms with Crippen molar-refractivity contribution in [3.8, 4) is 0 Å². The molecular formula is C11H14ClN3O2. The smallest absolute Gasteiger partial charge is 0.274 e. The van der Waals surface area contributed by atoms with Crippen molar-refractivity contribution in [3.63, 3.8) is 0 Å². The van der Waals surface area contributed by atoms with Gasteiger partial charge in [0.25, 0.3) is 5.91 Å².